The Hall–Kier alpha value is -1.82. The summed E-state index contributed by atoms with van der Waals surface area (Å²) in [5.74, 6) is 0.565. The van der Waals surface area contributed by atoms with Crippen molar-refractivity contribution in [3.63, 3.8) is 0 Å². The van der Waals surface area contributed by atoms with Crippen molar-refractivity contribution in [3.05, 3.63) is 36.0 Å². The molecule has 1 fully saturated rings. The Labute approximate surface area is 126 Å². The number of halogens is 3. The first-order valence-electron chi connectivity index (χ1n) is 7.28. The summed E-state index contributed by atoms with van der Waals surface area (Å²) in [7, 11) is 0. The van der Waals surface area contributed by atoms with E-state index in [1.54, 1.807) is 18.2 Å². The zero-order valence-corrected chi connectivity index (χ0v) is 12.2. The number of alkyl halides is 3. The van der Waals surface area contributed by atoms with Crippen LogP contribution in [0.4, 0.5) is 13.2 Å². The van der Waals surface area contributed by atoms with Crippen LogP contribution in [0.2, 0.25) is 0 Å². The molecule has 0 amide bonds. The van der Waals surface area contributed by atoms with Crippen LogP contribution in [0, 0.1) is 5.92 Å². The van der Waals surface area contributed by atoms with E-state index in [0.717, 1.165) is 30.5 Å². The Bertz CT molecular complexity index is 672. The normalized spacial score (nSPS) is 22.7. The Balaban J connectivity index is 2.04. The molecule has 6 heteroatoms. The molecule has 1 N–H and O–H groups in total. The van der Waals surface area contributed by atoms with Gasteiger partial charge in [-0.2, -0.15) is 0 Å². The van der Waals surface area contributed by atoms with Crippen molar-refractivity contribution in [1.29, 1.82) is 0 Å². The zero-order valence-electron chi connectivity index (χ0n) is 12.2. The summed E-state index contributed by atoms with van der Waals surface area (Å²) in [6.45, 7) is 3.97. The van der Waals surface area contributed by atoms with Gasteiger partial charge in [-0.25, -0.2) is 0 Å². The van der Waals surface area contributed by atoms with Crippen LogP contribution in [-0.4, -0.2) is 24.4 Å². The standard InChI is InChI=1S/C16H17F3N2O/c1-10-7-11(9-20-8-10)12-4-5-14(22-16(17,18)19)15-13(12)3-2-6-21-15/h2-6,10-11,20H,7-9H2,1H3. The Morgan fingerprint density at radius 1 is 1.23 bits per heavy atom. The number of rotatable bonds is 2. The molecule has 0 spiro atoms. The van der Waals surface area contributed by atoms with Gasteiger partial charge < -0.3 is 10.1 Å². The lowest BCUT2D eigenvalue weighted by atomic mass is 9.84. The van der Waals surface area contributed by atoms with Crippen LogP contribution in [0.1, 0.15) is 24.8 Å². The molecule has 1 aliphatic heterocycles. The maximum absolute atomic E-state index is 12.5. The van der Waals surface area contributed by atoms with E-state index in [4.69, 9.17) is 0 Å². The van der Waals surface area contributed by atoms with E-state index in [1.807, 2.05) is 0 Å². The van der Waals surface area contributed by atoms with Gasteiger partial charge in [-0.05, 0) is 42.5 Å². The summed E-state index contributed by atoms with van der Waals surface area (Å²) in [4.78, 5) is 4.09. The predicted molar refractivity (Wildman–Crippen MR) is 77.8 cm³/mol. The molecule has 2 heterocycles. The first kappa shape index (κ1) is 15.1. The Morgan fingerprint density at radius 2 is 2.05 bits per heavy atom. The summed E-state index contributed by atoms with van der Waals surface area (Å²) in [5.41, 5.74) is 1.28. The van der Waals surface area contributed by atoms with Crippen LogP contribution in [-0.2, 0) is 0 Å². The van der Waals surface area contributed by atoms with Gasteiger partial charge in [0.2, 0.25) is 0 Å². The molecule has 0 saturated carbocycles. The highest BCUT2D eigenvalue weighted by Gasteiger charge is 2.32. The number of aromatic nitrogens is 1. The van der Waals surface area contributed by atoms with E-state index in [1.165, 1.54) is 12.3 Å². The lowest BCUT2D eigenvalue weighted by Gasteiger charge is -2.29. The highest BCUT2D eigenvalue weighted by molar-refractivity contribution is 5.88. The minimum atomic E-state index is -4.72. The van der Waals surface area contributed by atoms with E-state index in [0.29, 0.717) is 5.92 Å². The minimum Gasteiger partial charge on any atom is -0.403 e. The Morgan fingerprint density at radius 3 is 2.77 bits per heavy atom. The van der Waals surface area contributed by atoms with Crippen LogP contribution in [0.15, 0.2) is 30.5 Å². The van der Waals surface area contributed by atoms with Gasteiger partial charge in [0.15, 0.2) is 5.75 Å². The molecule has 118 valence electrons. The molecule has 0 radical (unpaired) electrons. The van der Waals surface area contributed by atoms with E-state index in [2.05, 4.69) is 22.0 Å². The fourth-order valence-electron chi connectivity index (χ4n) is 3.13. The highest BCUT2D eigenvalue weighted by Crippen LogP contribution is 2.36. The summed E-state index contributed by atoms with van der Waals surface area (Å²) < 4.78 is 41.6. The molecule has 3 nitrogen and oxygen atoms in total. The molecular weight excluding hydrogens is 293 g/mol. The van der Waals surface area contributed by atoms with Crippen molar-refractivity contribution in [3.8, 4) is 5.75 Å². The molecule has 3 rings (SSSR count). The number of benzene rings is 1. The number of piperidine rings is 1. The number of nitrogens with one attached hydrogen (secondary N) is 1. The second-order valence-electron chi connectivity index (χ2n) is 5.80. The van der Waals surface area contributed by atoms with Crippen LogP contribution < -0.4 is 10.1 Å². The van der Waals surface area contributed by atoms with Crippen LogP contribution in [0.3, 0.4) is 0 Å². The summed E-state index contributed by atoms with van der Waals surface area (Å²) in [6.07, 6.45) is -2.22. The molecular formula is C16H17F3N2O. The Kier molecular flexibility index (Phi) is 3.95. The number of hydrogen-bond donors (Lipinski definition) is 1. The van der Waals surface area contributed by atoms with Gasteiger partial charge in [-0.1, -0.05) is 19.1 Å². The highest BCUT2D eigenvalue weighted by atomic mass is 19.4. The van der Waals surface area contributed by atoms with Crippen molar-refractivity contribution in [1.82, 2.24) is 10.3 Å². The number of pyridine rings is 1. The zero-order chi connectivity index (χ0) is 15.7. The SMILES string of the molecule is CC1CNCC(c2ccc(OC(F)(F)F)c3ncccc23)C1. The third kappa shape index (κ3) is 3.16. The van der Waals surface area contributed by atoms with Gasteiger partial charge in [0.05, 0.1) is 0 Å². The number of nitrogens with zero attached hydrogens (tertiary/aromatic N) is 1. The number of hydrogen-bond acceptors (Lipinski definition) is 3. The quantitative estimate of drug-likeness (QED) is 0.915. The molecule has 2 aromatic rings. The molecule has 2 unspecified atom stereocenters. The molecule has 1 saturated heterocycles. The number of ether oxygens (including phenoxy) is 1. The van der Waals surface area contributed by atoms with Gasteiger partial charge in [0.25, 0.3) is 0 Å². The van der Waals surface area contributed by atoms with Gasteiger partial charge in [-0.3, -0.25) is 4.98 Å². The van der Waals surface area contributed by atoms with E-state index < -0.39 is 6.36 Å². The van der Waals surface area contributed by atoms with Crippen molar-refractivity contribution < 1.29 is 17.9 Å². The third-order valence-corrected chi connectivity index (χ3v) is 4.00. The van der Waals surface area contributed by atoms with Crippen LogP contribution in [0.25, 0.3) is 10.9 Å². The second-order valence-corrected chi connectivity index (χ2v) is 5.80. The van der Waals surface area contributed by atoms with Gasteiger partial charge >= 0.3 is 6.36 Å². The third-order valence-electron chi connectivity index (χ3n) is 4.00. The smallest absolute Gasteiger partial charge is 0.403 e. The van der Waals surface area contributed by atoms with Crippen molar-refractivity contribution in [2.24, 2.45) is 5.92 Å². The average molecular weight is 310 g/mol. The van der Waals surface area contributed by atoms with E-state index >= 15 is 0 Å². The lowest BCUT2D eigenvalue weighted by molar-refractivity contribution is -0.274. The molecule has 1 aromatic heterocycles. The van der Waals surface area contributed by atoms with Crippen molar-refractivity contribution in [2.45, 2.75) is 25.6 Å². The van der Waals surface area contributed by atoms with Crippen molar-refractivity contribution in [2.75, 3.05) is 13.1 Å². The van der Waals surface area contributed by atoms with Gasteiger partial charge in [-0.15, -0.1) is 13.2 Å². The lowest BCUT2D eigenvalue weighted by Crippen LogP contribution is -2.33. The fraction of sp³-hybridized carbons (Fsp3) is 0.438. The molecule has 1 aromatic carbocycles. The summed E-state index contributed by atoms with van der Waals surface area (Å²) in [6, 6.07) is 6.65. The average Bonchev–Trinajstić information content (AvgIpc) is 2.46. The largest absolute Gasteiger partial charge is 0.573 e. The van der Waals surface area contributed by atoms with E-state index in [-0.39, 0.29) is 17.2 Å². The molecule has 2 atom stereocenters. The number of fused-ring (bicyclic) bond motifs is 1. The molecule has 0 bridgehead atoms. The monoisotopic (exact) mass is 310 g/mol. The first-order chi connectivity index (χ1) is 10.4. The van der Waals surface area contributed by atoms with Crippen molar-refractivity contribution >= 4 is 10.9 Å². The molecule has 0 aliphatic carbocycles. The maximum Gasteiger partial charge on any atom is 0.573 e. The minimum absolute atomic E-state index is 0.247. The fourth-order valence-corrected chi connectivity index (χ4v) is 3.13. The summed E-state index contributed by atoms with van der Waals surface area (Å²) in [5, 5.41) is 4.10. The summed E-state index contributed by atoms with van der Waals surface area (Å²) >= 11 is 0. The van der Waals surface area contributed by atoms with Gasteiger partial charge in [0, 0.05) is 18.1 Å². The van der Waals surface area contributed by atoms with Crippen LogP contribution >= 0.6 is 0 Å². The first-order valence-corrected chi connectivity index (χ1v) is 7.28. The maximum atomic E-state index is 12.5. The van der Waals surface area contributed by atoms with Gasteiger partial charge in [0.1, 0.15) is 5.52 Å². The van der Waals surface area contributed by atoms with E-state index in [9.17, 15) is 13.2 Å². The molecule has 1 aliphatic rings. The molecule has 22 heavy (non-hydrogen) atoms. The second kappa shape index (κ2) is 5.76. The topological polar surface area (TPSA) is 34.1 Å². The van der Waals surface area contributed by atoms with Crippen LogP contribution in [0.5, 0.6) is 5.75 Å². The predicted octanol–water partition coefficient (Wildman–Crippen LogP) is 3.85.